The summed E-state index contributed by atoms with van der Waals surface area (Å²) >= 11 is 0. The summed E-state index contributed by atoms with van der Waals surface area (Å²) in [5.41, 5.74) is 0. The van der Waals surface area contributed by atoms with Gasteiger partial charge in [0.2, 0.25) is 0 Å². The van der Waals surface area contributed by atoms with Gasteiger partial charge in [-0.3, -0.25) is 9.59 Å². The van der Waals surface area contributed by atoms with Crippen molar-refractivity contribution >= 4 is 11.8 Å². The topological polar surface area (TPSA) is 93.1 Å². The Labute approximate surface area is 131 Å². The molecule has 0 aromatic heterocycles. The van der Waals surface area contributed by atoms with Crippen LogP contribution in [0, 0.1) is 0 Å². The predicted octanol–water partition coefficient (Wildman–Crippen LogP) is 1.36. The van der Waals surface area contributed by atoms with Gasteiger partial charge in [-0.2, -0.15) is 0 Å². The van der Waals surface area contributed by atoms with E-state index >= 15 is 0 Å². The second-order valence-corrected chi connectivity index (χ2v) is 5.81. The van der Waals surface area contributed by atoms with Crippen LogP contribution in [0.4, 0.5) is 0 Å². The zero-order valence-corrected chi connectivity index (χ0v) is 13.3. The third-order valence-electron chi connectivity index (χ3n) is 3.87. The maximum absolute atomic E-state index is 11.6. The summed E-state index contributed by atoms with van der Waals surface area (Å²) in [6.45, 7) is 1.77. The SMILES string of the molecule is CCCCCCCCCC(=O)OC[C@H]1OCC(=O)[C@@H](O)[C@@H]1O. The summed E-state index contributed by atoms with van der Waals surface area (Å²) < 4.78 is 10.1. The van der Waals surface area contributed by atoms with E-state index in [0.717, 1.165) is 19.3 Å². The van der Waals surface area contributed by atoms with Gasteiger partial charge < -0.3 is 19.7 Å². The van der Waals surface area contributed by atoms with E-state index in [2.05, 4.69) is 6.92 Å². The molecule has 0 aromatic carbocycles. The monoisotopic (exact) mass is 316 g/mol. The average molecular weight is 316 g/mol. The number of hydrogen-bond acceptors (Lipinski definition) is 6. The molecule has 0 aromatic rings. The molecule has 0 unspecified atom stereocenters. The van der Waals surface area contributed by atoms with Crippen molar-refractivity contribution < 1.29 is 29.3 Å². The predicted molar refractivity (Wildman–Crippen MR) is 80.3 cm³/mol. The lowest BCUT2D eigenvalue weighted by molar-refractivity contribution is -0.177. The number of esters is 1. The van der Waals surface area contributed by atoms with Crippen LogP contribution in [0.25, 0.3) is 0 Å². The minimum Gasteiger partial charge on any atom is -0.463 e. The first-order valence-electron chi connectivity index (χ1n) is 8.22. The van der Waals surface area contributed by atoms with E-state index in [1.165, 1.54) is 25.7 Å². The molecule has 0 bridgehead atoms. The fraction of sp³-hybridized carbons (Fsp3) is 0.875. The zero-order valence-electron chi connectivity index (χ0n) is 13.3. The number of carbonyl (C=O) groups is 2. The lowest BCUT2D eigenvalue weighted by Gasteiger charge is -2.30. The minimum atomic E-state index is -1.46. The molecule has 2 N–H and O–H groups in total. The fourth-order valence-electron chi connectivity index (χ4n) is 2.39. The van der Waals surface area contributed by atoms with Gasteiger partial charge in [-0.1, -0.05) is 45.4 Å². The van der Waals surface area contributed by atoms with Crippen molar-refractivity contribution in [1.82, 2.24) is 0 Å². The minimum absolute atomic E-state index is 0.138. The quantitative estimate of drug-likeness (QED) is 0.467. The van der Waals surface area contributed by atoms with Crippen LogP contribution >= 0.6 is 0 Å². The van der Waals surface area contributed by atoms with Crippen molar-refractivity contribution in [3.05, 3.63) is 0 Å². The molecule has 1 rings (SSSR count). The van der Waals surface area contributed by atoms with Crippen LogP contribution in [0.15, 0.2) is 0 Å². The number of ether oxygens (including phenoxy) is 2. The molecule has 1 saturated heterocycles. The molecule has 1 heterocycles. The summed E-state index contributed by atoms with van der Waals surface area (Å²) in [5.74, 6) is -0.895. The normalized spacial score (nSPS) is 25.2. The molecule has 0 aliphatic carbocycles. The van der Waals surface area contributed by atoms with Crippen molar-refractivity contribution in [2.75, 3.05) is 13.2 Å². The van der Waals surface area contributed by atoms with Crippen molar-refractivity contribution in [3.8, 4) is 0 Å². The maximum Gasteiger partial charge on any atom is 0.305 e. The number of Topliss-reactive ketones (excluding diaryl/α,β-unsaturated/α-hetero) is 1. The highest BCUT2D eigenvalue weighted by Gasteiger charge is 2.37. The van der Waals surface area contributed by atoms with Gasteiger partial charge in [0.25, 0.3) is 0 Å². The molecule has 1 aliphatic rings. The van der Waals surface area contributed by atoms with Gasteiger partial charge in [-0.25, -0.2) is 0 Å². The molecule has 3 atom stereocenters. The number of aliphatic hydroxyl groups excluding tert-OH is 2. The molecule has 1 aliphatic heterocycles. The third-order valence-corrected chi connectivity index (χ3v) is 3.87. The molecule has 6 nitrogen and oxygen atoms in total. The summed E-state index contributed by atoms with van der Waals surface area (Å²) in [6.07, 6.45) is 4.58. The Morgan fingerprint density at radius 3 is 2.50 bits per heavy atom. The van der Waals surface area contributed by atoms with Crippen molar-refractivity contribution in [2.45, 2.75) is 76.6 Å². The Hall–Kier alpha value is -0.980. The number of hydrogen-bond donors (Lipinski definition) is 2. The van der Waals surface area contributed by atoms with E-state index in [1.807, 2.05) is 0 Å². The van der Waals surface area contributed by atoms with E-state index in [9.17, 15) is 19.8 Å². The number of aliphatic hydroxyl groups is 2. The van der Waals surface area contributed by atoms with Gasteiger partial charge in [-0.15, -0.1) is 0 Å². The first kappa shape index (κ1) is 19.1. The zero-order chi connectivity index (χ0) is 16.4. The van der Waals surface area contributed by atoms with Crippen LogP contribution < -0.4 is 0 Å². The largest absolute Gasteiger partial charge is 0.463 e. The molecule has 128 valence electrons. The molecule has 0 spiro atoms. The third kappa shape index (κ3) is 6.85. The lowest BCUT2D eigenvalue weighted by Crippen LogP contribution is -2.52. The fourth-order valence-corrected chi connectivity index (χ4v) is 2.39. The van der Waals surface area contributed by atoms with Gasteiger partial charge in [0.1, 0.15) is 31.5 Å². The smallest absolute Gasteiger partial charge is 0.305 e. The van der Waals surface area contributed by atoms with Crippen LogP contribution in [0.3, 0.4) is 0 Å². The Kier molecular flexibility index (Phi) is 9.27. The lowest BCUT2D eigenvalue weighted by atomic mass is 10.0. The second-order valence-electron chi connectivity index (χ2n) is 5.81. The van der Waals surface area contributed by atoms with Gasteiger partial charge in [0.15, 0.2) is 5.78 Å². The number of unbranched alkanes of at least 4 members (excludes halogenated alkanes) is 6. The van der Waals surface area contributed by atoms with Crippen LogP contribution in [0.2, 0.25) is 0 Å². The second kappa shape index (κ2) is 10.7. The number of rotatable bonds is 10. The summed E-state index contributed by atoms with van der Waals surface area (Å²) in [4.78, 5) is 22.7. The summed E-state index contributed by atoms with van der Waals surface area (Å²) in [6, 6.07) is 0. The molecule has 1 fully saturated rings. The molecular formula is C16H28O6. The molecule has 6 heteroatoms. The van der Waals surface area contributed by atoms with Crippen LogP contribution in [0.1, 0.15) is 58.3 Å². The van der Waals surface area contributed by atoms with E-state index in [-0.39, 0.29) is 19.2 Å². The first-order valence-corrected chi connectivity index (χ1v) is 8.22. The molecule has 0 amide bonds. The van der Waals surface area contributed by atoms with E-state index in [1.54, 1.807) is 0 Å². The molecule has 0 radical (unpaired) electrons. The van der Waals surface area contributed by atoms with Gasteiger partial charge in [-0.05, 0) is 6.42 Å². The van der Waals surface area contributed by atoms with Gasteiger partial charge >= 0.3 is 5.97 Å². The highest BCUT2D eigenvalue weighted by atomic mass is 16.6. The Morgan fingerprint density at radius 1 is 1.18 bits per heavy atom. The van der Waals surface area contributed by atoms with Crippen molar-refractivity contribution in [3.63, 3.8) is 0 Å². The highest BCUT2D eigenvalue weighted by Crippen LogP contribution is 2.14. The van der Waals surface area contributed by atoms with Gasteiger partial charge in [0.05, 0.1) is 0 Å². The average Bonchev–Trinajstić information content (AvgIpc) is 2.51. The van der Waals surface area contributed by atoms with Crippen LogP contribution in [-0.4, -0.2) is 53.5 Å². The van der Waals surface area contributed by atoms with Crippen LogP contribution in [0.5, 0.6) is 0 Å². The summed E-state index contributed by atoms with van der Waals surface area (Å²) in [7, 11) is 0. The van der Waals surface area contributed by atoms with E-state index in [0.29, 0.717) is 6.42 Å². The first-order chi connectivity index (χ1) is 10.6. The Morgan fingerprint density at radius 2 is 1.82 bits per heavy atom. The Balaban J connectivity index is 2.07. The highest BCUT2D eigenvalue weighted by molar-refractivity contribution is 5.85. The molecule has 22 heavy (non-hydrogen) atoms. The van der Waals surface area contributed by atoms with E-state index < -0.39 is 24.1 Å². The van der Waals surface area contributed by atoms with Crippen molar-refractivity contribution in [2.24, 2.45) is 0 Å². The maximum atomic E-state index is 11.6. The molecule has 0 saturated carbocycles. The van der Waals surface area contributed by atoms with Crippen LogP contribution in [-0.2, 0) is 19.1 Å². The van der Waals surface area contributed by atoms with Gasteiger partial charge in [0, 0.05) is 6.42 Å². The summed E-state index contributed by atoms with van der Waals surface area (Å²) in [5, 5.41) is 19.1. The molecular weight excluding hydrogens is 288 g/mol. The number of carbonyl (C=O) groups excluding carboxylic acids is 2. The van der Waals surface area contributed by atoms with Crippen molar-refractivity contribution in [1.29, 1.82) is 0 Å². The Bertz CT molecular complexity index is 344. The van der Waals surface area contributed by atoms with E-state index in [4.69, 9.17) is 9.47 Å². The standard InChI is InChI=1S/C16H28O6/c1-2-3-4-5-6-7-8-9-14(18)22-11-13-16(20)15(19)12(17)10-21-13/h13,15-16,19-20H,2-11H2,1H3/t13-,15-,16-/m1/s1. The number of ketones is 1.